The van der Waals surface area contributed by atoms with Gasteiger partial charge in [0, 0.05) is 59.6 Å². The van der Waals surface area contributed by atoms with Crippen molar-refractivity contribution in [1.82, 2.24) is 30.9 Å². The van der Waals surface area contributed by atoms with Crippen LogP contribution in [-0.2, 0) is 32.2 Å². The number of hydrogen-bond donors (Lipinski definition) is 3. The van der Waals surface area contributed by atoms with Gasteiger partial charge in [0.15, 0.2) is 0 Å². The second kappa shape index (κ2) is 17.9. The fourth-order valence-corrected chi connectivity index (χ4v) is 6.07. The number of nitrogens with zero attached hydrogens (tertiary/aromatic N) is 4. The number of carbonyl (C=O) groups is 4. The minimum Gasteiger partial charge on any atom is -0.448 e. The summed E-state index contributed by atoms with van der Waals surface area (Å²) in [5, 5.41) is 17.6. The first-order valence-electron chi connectivity index (χ1n) is 16.1. The van der Waals surface area contributed by atoms with E-state index in [4.69, 9.17) is 4.74 Å². The summed E-state index contributed by atoms with van der Waals surface area (Å²) >= 11 is 1.80. The number of benzene rings is 2. The van der Waals surface area contributed by atoms with Crippen molar-refractivity contribution in [3.63, 3.8) is 0 Å². The first-order valence-corrected chi connectivity index (χ1v) is 17.2. The predicted octanol–water partition coefficient (Wildman–Crippen LogP) is 4.85. The van der Waals surface area contributed by atoms with Crippen molar-refractivity contribution in [2.24, 2.45) is 5.92 Å². The van der Waals surface area contributed by atoms with E-state index >= 15 is 0 Å². The van der Waals surface area contributed by atoms with Crippen LogP contribution in [0.5, 0.6) is 0 Å². The summed E-state index contributed by atoms with van der Waals surface area (Å²) in [5.41, 5.74) is 4.62. The van der Waals surface area contributed by atoms with Crippen LogP contribution in [-0.4, -0.2) is 69.5 Å². The number of alkyl carbamates (subject to hydrolysis) is 1. The number of halogens is 1. The van der Waals surface area contributed by atoms with E-state index in [1.165, 1.54) is 0 Å². The molecule has 47 heavy (non-hydrogen) atoms. The molecule has 0 saturated heterocycles. The average Bonchev–Trinajstić information content (AvgIpc) is 3.46. The highest BCUT2D eigenvalue weighted by molar-refractivity contribution is 14.1. The fraction of sp³-hybridized carbons (Fsp3) is 0.471. The van der Waals surface area contributed by atoms with Gasteiger partial charge in [0.2, 0.25) is 15.6 Å². The number of hydrogen-bond acceptors (Lipinski definition) is 8. The highest BCUT2D eigenvalue weighted by Gasteiger charge is 2.29. The molecule has 3 amide bonds. The second-order valence-corrected chi connectivity index (χ2v) is 13.0. The molecule has 0 aliphatic carbocycles. The number of rotatable bonds is 16. The molecule has 1 aromatic heterocycles. The topological polar surface area (TPSA) is 148 Å². The van der Waals surface area contributed by atoms with Crippen molar-refractivity contribution in [3.05, 3.63) is 54.1 Å². The van der Waals surface area contributed by atoms with E-state index in [0.717, 1.165) is 41.6 Å². The van der Waals surface area contributed by atoms with Gasteiger partial charge in [0.05, 0.1) is 30.5 Å². The molecule has 0 spiro atoms. The number of unbranched alkanes of at least 4 members (excludes halogenated alkanes) is 1. The molecule has 2 heterocycles. The molecule has 0 fully saturated rings. The maximum Gasteiger partial charge on any atom is 0.407 e. The summed E-state index contributed by atoms with van der Waals surface area (Å²) in [5.74, 6) is 0.205. The van der Waals surface area contributed by atoms with Crippen LogP contribution in [0.1, 0.15) is 57.9 Å². The maximum atomic E-state index is 13.7. The minimum atomic E-state index is -0.517. The number of amides is 3. The summed E-state index contributed by atoms with van der Waals surface area (Å²) in [7, 11) is 1.76. The van der Waals surface area contributed by atoms with Gasteiger partial charge in [0.1, 0.15) is 12.3 Å². The van der Waals surface area contributed by atoms with Crippen LogP contribution in [0.15, 0.2) is 48.5 Å². The Labute approximate surface area is 289 Å². The molecule has 3 N–H and O–H groups in total. The zero-order valence-electron chi connectivity index (χ0n) is 27.3. The van der Waals surface area contributed by atoms with Crippen molar-refractivity contribution in [2.45, 2.75) is 71.5 Å². The van der Waals surface area contributed by atoms with Crippen molar-refractivity contribution in [1.29, 1.82) is 0 Å². The lowest BCUT2D eigenvalue weighted by atomic mass is 9.95. The second-order valence-electron chi connectivity index (χ2n) is 11.9. The number of nitrogens with one attached hydrogen (secondary N) is 3. The van der Waals surface area contributed by atoms with E-state index in [-0.39, 0.29) is 47.6 Å². The van der Waals surface area contributed by atoms with E-state index in [2.05, 4.69) is 40.1 Å². The Morgan fingerprint density at radius 1 is 0.936 bits per heavy atom. The van der Waals surface area contributed by atoms with Gasteiger partial charge < -0.3 is 25.6 Å². The van der Waals surface area contributed by atoms with E-state index in [0.29, 0.717) is 43.4 Å². The quantitative estimate of drug-likeness (QED) is 0.107. The Hall–Kier alpha value is -3.85. The fourth-order valence-electron chi connectivity index (χ4n) is 5.45. The maximum absolute atomic E-state index is 13.7. The largest absolute Gasteiger partial charge is 0.448 e. The Morgan fingerprint density at radius 2 is 1.68 bits per heavy atom. The van der Waals surface area contributed by atoms with Crippen molar-refractivity contribution < 1.29 is 23.9 Å². The van der Waals surface area contributed by atoms with Gasteiger partial charge in [-0.15, -0.1) is 5.10 Å². The van der Waals surface area contributed by atoms with Gasteiger partial charge in [-0.1, -0.05) is 61.5 Å². The van der Waals surface area contributed by atoms with Crippen LogP contribution in [0.25, 0.3) is 22.5 Å². The molecule has 0 radical (unpaired) electrons. The first kappa shape index (κ1) is 36.0. The average molecular weight is 758 g/mol. The third-order valence-corrected chi connectivity index (χ3v) is 8.80. The van der Waals surface area contributed by atoms with Gasteiger partial charge >= 0.3 is 6.09 Å². The summed E-state index contributed by atoms with van der Waals surface area (Å²) in [6.07, 6.45) is 2.80. The lowest BCUT2D eigenvalue weighted by Gasteiger charge is -2.28. The van der Waals surface area contributed by atoms with Gasteiger partial charge in [-0.2, -0.15) is 0 Å². The Morgan fingerprint density at radius 3 is 2.43 bits per heavy atom. The number of ether oxygens (including phenoxy) is 1. The van der Waals surface area contributed by atoms with E-state index in [1.807, 2.05) is 48.5 Å². The normalized spacial score (nSPS) is 12.7. The Kier molecular flexibility index (Phi) is 13.7. The molecule has 0 saturated carbocycles. The molecule has 13 heteroatoms. The molecule has 1 unspecified atom stereocenters. The third kappa shape index (κ3) is 10.1. The van der Waals surface area contributed by atoms with Crippen LogP contribution in [0.3, 0.4) is 0 Å². The van der Waals surface area contributed by atoms with E-state index in [9.17, 15) is 19.2 Å². The zero-order chi connectivity index (χ0) is 33.8. The third-order valence-electron chi connectivity index (χ3n) is 8.04. The van der Waals surface area contributed by atoms with Gasteiger partial charge in [-0.25, -0.2) is 9.48 Å². The van der Waals surface area contributed by atoms with Crippen LogP contribution in [0.4, 0.5) is 10.5 Å². The smallest absolute Gasteiger partial charge is 0.407 e. The molecule has 252 valence electrons. The summed E-state index contributed by atoms with van der Waals surface area (Å²) < 4.78 is 7.25. The monoisotopic (exact) mass is 757 g/mol. The van der Waals surface area contributed by atoms with E-state index in [1.54, 1.807) is 39.2 Å². The number of aromatic nitrogens is 3. The molecule has 1 aliphatic rings. The number of fused-ring (bicyclic) bond motifs is 5. The highest BCUT2D eigenvalue weighted by Crippen LogP contribution is 2.41. The lowest BCUT2D eigenvalue weighted by Crippen LogP contribution is -2.33. The standard InChI is InChI=1S/C34H44IN7O5/c1-23(2)17-19-37-29(43)15-16-30(44)41-22-24-10-4-5-11-25(24)32-31(26-12-6-7-14-28(26)41)39-40-42(32)20-21-47-34(46)38-18-9-8-13-27(36-3)33(35)45/h4-7,10-12,14,23,27,36H,8-9,13,15-22H2,1-3H3,(H,37,43)(H,38,46). The minimum absolute atomic E-state index is 0.0738. The number of carbonyl (C=O) groups excluding carboxylic acids is 4. The summed E-state index contributed by atoms with van der Waals surface area (Å²) in [6, 6.07) is 15.2. The number of anilines is 1. The van der Waals surface area contributed by atoms with Crippen LogP contribution in [0.2, 0.25) is 0 Å². The highest BCUT2D eigenvalue weighted by atomic mass is 127. The molecule has 4 rings (SSSR count). The molecule has 3 aromatic rings. The lowest BCUT2D eigenvalue weighted by molar-refractivity contribution is -0.125. The number of likely N-dealkylation sites (N-methyl/N-ethyl adjacent to an activating group) is 1. The molecular weight excluding hydrogens is 713 g/mol. The van der Waals surface area contributed by atoms with Gasteiger partial charge in [-0.3, -0.25) is 14.4 Å². The summed E-state index contributed by atoms with van der Waals surface area (Å²) in [6.45, 7) is 5.93. The zero-order valence-corrected chi connectivity index (χ0v) is 29.4. The van der Waals surface area contributed by atoms with Crippen molar-refractivity contribution in [3.8, 4) is 22.5 Å². The van der Waals surface area contributed by atoms with Crippen molar-refractivity contribution in [2.75, 3.05) is 31.6 Å². The number of para-hydroxylation sites is 1. The SMILES string of the molecule is CNC(CCCCNC(=O)OCCn1nnc2c1-c1ccccc1CN(C(=O)CCC(=O)NCCC(C)C)c1ccccc1-2)C(=O)I. The van der Waals surface area contributed by atoms with Crippen LogP contribution < -0.4 is 20.9 Å². The van der Waals surface area contributed by atoms with Gasteiger partial charge in [-0.05, 0) is 50.3 Å². The van der Waals surface area contributed by atoms with Crippen molar-refractivity contribution >= 4 is 50.0 Å². The summed E-state index contributed by atoms with van der Waals surface area (Å²) in [4.78, 5) is 51.7. The molecular formula is C34H44IN7O5. The molecule has 12 nitrogen and oxygen atoms in total. The molecule has 2 aromatic carbocycles. The first-order chi connectivity index (χ1) is 22.7. The van der Waals surface area contributed by atoms with Gasteiger partial charge in [0.25, 0.3) is 0 Å². The van der Waals surface area contributed by atoms with Crippen LogP contribution in [0, 0.1) is 5.92 Å². The molecule has 1 atom stereocenters. The Balaban J connectivity index is 1.44. The van der Waals surface area contributed by atoms with Crippen LogP contribution >= 0.6 is 22.6 Å². The molecule has 1 aliphatic heterocycles. The predicted molar refractivity (Wildman–Crippen MR) is 189 cm³/mol. The Bertz CT molecular complexity index is 1540. The molecule has 0 bridgehead atoms. The van der Waals surface area contributed by atoms with E-state index < -0.39 is 6.09 Å².